The molecule has 10 aromatic carbocycles. The molecule has 0 bridgehead atoms. The van der Waals surface area contributed by atoms with Crippen LogP contribution in [0.1, 0.15) is 70.8 Å². The highest BCUT2D eigenvalue weighted by Crippen LogP contribution is 2.65. The molecule has 0 aliphatic heterocycles. The summed E-state index contributed by atoms with van der Waals surface area (Å²) in [6, 6.07) is 87.1. The first kappa shape index (κ1) is 38.3. The molecule has 0 saturated heterocycles. The average molecular weight is 854 g/mol. The number of hydrogen-bond donors (Lipinski definition) is 0. The number of hydrogen-bond acceptors (Lipinski definition) is 1. The summed E-state index contributed by atoms with van der Waals surface area (Å²) in [6.07, 6.45) is 0. The fourth-order valence-electron chi connectivity index (χ4n) is 13.4. The third-order valence-electron chi connectivity index (χ3n) is 16.2. The lowest BCUT2D eigenvalue weighted by Gasteiger charge is -2.34. The van der Waals surface area contributed by atoms with E-state index < -0.39 is 5.41 Å². The predicted molar refractivity (Wildman–Crippen MR) is 278 cm³/mol. The van der Waals surface area contributed by atoms with Crippen molar-refractivity contribution in [1.82, 2.24) is 0 Å². The van der Waals surface area contributed by atoms with Crippen molar-refractivity contribution in [3.05, 3.63) is 281 Å². The van der Waals surface area contributed by atoms with Gasteiger partial charge in [-0.2, -0.15) is 0 Å². The van der Waals surface area contributed by atoms with E-state index >= 15 is 0 Å². The van der Waals surface area contributed by atoms with Gasteiger partial charge in [0, 0.05) is 27.6 Å². The largest absolute Gasteiger partial charge is 0.309 e. The van der Waals surface area contributed by atoms with Crippen molar-refractivity contribution in [3.8, 4) is 55.6 Å². The van der Waals surface area contributed by atoms with Crippen LogP contribution in [0.15, 0.2) is 231 Å². The van der Waals surface area contributed by atoms with E-state index in [1.165, 1.54) is 111 Å². The summed E-state index contributed by atoms with van der Waals surface area (Å²) in [6.45, 7) is 7.24. The van der Waals surface area contributed by atoms with E-state index in [0.29, 0.717) is 0 Å². The first-order chi connectivity index (χ1) is 32.9. The molecule has 0 fully saturated rings. The molecule has 0 N–H and O–H groups in total. The van der Waals surface area contributed by atoms with Crippen molar-refractivity contribution in [2.24, 2.45) is 0 Å². The van der Waals surface area contributed by atoms with E-state index in [1.54, 1.807) is 0 Å². The first-order valence-electron chi connectivity index (χ1n) is 23.8. The Morgan fingerprint density at radius 2 is 0.731 bits per heavy atom. The van der Waals surface area contributed by atoms with Gasteiger partial charge >= 0.3 is 0 Å². The van der Waals surface area contributed by atoms with E-state index in [-0.39, 0.29) is 10.8 Å². The van der Waals surface area contributed by atoms with E-state index in [0.717, 1.165) is 11.4 Å². The monoisotopic (exact) mass is 853 g/mol. The summed E-state index contributed by atoms with van der Waals surface area (Å²) < 4.78 is 0. The molecule has 316 valence electrons. The van der Waals surface area contributed by atoms with Crippen molar-refractivity contribution in [2.45, 2.75) is 37.0 Å². The van der Waals surface area contributed by atoms with E-state index in [1.807, 2.05) is 0 Å². The minimum Gasteiger partial charge on any atom is -0.309 e. The molecule has 0 heterocycles. The number of fused-ring (bicyclic) bond motifs is 16. The number of rotatable bonds is 5. The molecule has 0 aromatic heterocycles. The molecular weight excluding hydrogens is 807 g/mol. The first-order valence-corrected chi connectivity index (χ1v) is 23.8. The van der Waals surface area contributed by atoms with Crippen molar-refractivity contribution < 1.29 is 0 Å². The Hall–Kier alpha value is -8.00. The van der Waals surface area contributed by atoms with Gasteiger partial charge in [0.2, 0.25) is 0 Å². The number of anilines is 3. The molecule has 4 aliphatic rings. The van der Waals surface area contributed by atoms with Crippen LogP contribution in [0.25, 0.3) is 55.6 Å². The van der Waals surface area contributed by atoms with Gasteiger partial charge in [0.05, 0.1) is 16.8 Å². The number of para-hydroxylation sites is 1. The topological polar surface area (TPSA) is 3.24 Å². The van der Waals surface area contributed by atoms with Crippen LogP contribution >= 0.6 is 0 Å². The van der Waals surface area contributed by atoms with Crippen molar-refractivity contribution in [2.75, 3.05) is 4.90 Å². The lowest BCUT2D eigenvalue weighted by atomic mass is 9.70. The van der Waals surface area contributed by atoms with Gasteiger partial charge < -0.3 is 4.90 Å². The Kier molecular flexibility index (Phi) is 7.87. The maximum absolute atomic E-state index is 2.61. The summed E-state index contributed by atoms with van der Waals surface area (Å²) in [7, 11) is 0. The lowest BCUT2D eigenvalue weighted by molar-refractivity contribution is 0.662. The van der Waals surface area contributed by atoms with Gasteiger partial charge in [0.15, 0.2) is 0 Å². The third kappa shape index (κ3) is 4.88. The second-order valence-corrected chi connectivity index (χ2v) is 19.6. The van der Waals surface area contributed by atoms with E-state index in [4.69, 9.17) is 0 Å². The quantitative estimate of drug-likeness (QED) is 0.167. The van der Waals surface area contributed by atoms with Gasteiger partial charge in [-0.05, 0) is 126 Å². The Morgan fingerprint density at radius 1 is 0.299 bits per heavy atom. The van der Waals surface area contributed by atoms with Crippen LogP contribution in [0.5, 0.6) is 0 Å². The Labute approximate surface area is 393 Å². The SMILES string of the molecule is CC1(C)c2ccccc2-c2cccc(-c3ccccc3N(c3ccc4c(c3)C(C)(c3ccccc3)c3ccccc3-4)c3cccc4c3-c3ccccc3C43c4ccccc4-c4ccccc43)c21. The maximum Gasteiger partial charge on any atom is 0.0726 e. The Balaban J connectivity index is 1.08. The molecule has 14 rings (SSSR count). The second kappa shape index (κ2) is 13.8. The highest BCUT2D eigenvalue weighted by atomic mass is 15.1. The molecule has 67 heavy (non-hydrogen) atoms. The molecule has 1 heteroatoms. The summed E-state index contributed by atoms with van der Waals surface area (Å²) >= 11 is 0. The second-order valence-electron chi connectivity index (χ2n) is 19.6. The Morgan fingerprint density at radius 3 is 1.40 bits per heavy atom. The van der Waals surface area contributed by atoms with Gasteiger partial charge in [-0.3, -0.25) is 0 Å². The van der Waals surface area contributed by atoms with Crippen LogP contribution < -0.4 is 4.90 Å². The summed E-state index contributed by atoms with van der Waals surface area (Å²) in [4.78, 5) is 2.61. The predicted octanol–water partition coefficient (Wildman–Crippen LogP) is 16.8. The molecule has 1 spiro atoms. The highest BCUT2D eigenvalue weighted by Gasteiger charge is 2.52. The minimum absolute atomic E-state index is 0.195. The molecular formula is C66H47N. The molecule has 0 saturated carbocycles. The zero-order valence-electron chi connectivity index (χ0n) is 37.9. The standard InChI is InChI=1S/C66H47N/c1-64(2)53-31-13-7-26-47(53)50-29-19-30-51(63(50)64)49-27-12-18-37-60(49)67(43-39-40-48-44-23-8-14-32-54(44)65(3,59(48)41-43)42-21-5-4-6-22-42)61-38-20-36-58-62(61)52-28-11-17-35-57(52)66(58)55-33-15-9-24-45(55)46-25-10-16-34-56(46)66/h4-41H,1-3H3. The number of nitrogens with zero attached hydrogens (tertiary/aromatic N) is 1. The van der Waals surface area contributed by atoms with Crippen LogP contribution in [-0.4, -0.2) is 0 Å². The minimum atomic E-state index is -0.470. The summed E-state index contributed by atoms with van der Waals surface area (Å²) in [5.41, 5.74) is 27.4. The molecule has 0 amide bonds. The third-order valence-corrected chi connectivity index (χ3v) is 16.2. The molecule has 1 unspecified atom stereocenters. The van der Waals surface area contributed by atoms with E-state index in [9.17, 15) is 0 Å². The van der Waals surface area contributed by atoms with Gasteiger partial charge in [0.1, 0.15) is 0 Å². The Bertz CT molecular complexity index is 3660. The van der Waals surface area contributed by atoms with Crippen molar-refractivity contribution in [1.29, 1.82) is 0 Å². The van der Waals surface area contributed by atoms with Crippen LogP contribution in [0.3, 0.4) is 0 Å². The molecule has 1 nitrogen and oxygen atoms in total. The molecule has 4 aliphatic carbocycles. The molecule has 10 aromatic rings. The average Bonchev–Trinajstić information content (AvgIpc) is 4.03. The van der Waals surface area contributed by atoms with Crippen LogP contribution in [0, 0.1) is 0 Å². The zero-order chi connectivity index (χ0) is 44.6. The van der Waals surface area contributed by atoms with E-state index in [2.05, 4.69) is 256 Å². The smallest absolute Gasteiger partial charge is 0.0726 e. The van der Waals surface area contributed by atoms with Crippen LogP contribution in [-0.2, 0) is 16.2 Å². The number of benzene rings is 10. The fourth-order valence-corrected chi connectivity index (χ4v) is 13.4. The highest BCUT2D eigenvalue weighted by molar-refractivity contribution is 6.03. The zero-order valence-corrected chi connectivity index (χ0v) is 37.9. The van der Waals surface area contributed by atoms with Crippen molar-refractivity contribution in [3.63, 3.8) is 0 Å². The van der Waals surface area contributed by atoms with Gasteiger partial charge in [-0.25, -0.2) is 0 Å². The normalized spacial score (nSPS) is 16.6. The van der Waals surface area contributed by atoms with Gasteiger partial charge in [-0.1, -0.05) is 220 Å². The molecule has 0 radical (unpaired) electrons. The lowest BCUT2D eigenvalue weighted by Crippen LogP contribution is -2.26. The summed E-state index contributed by atoms with van der Waals surface area (Å²) in [5.74, 6) is 0. The fraction of sp³-hybridized carbons (Fsp3) is 0.0909. The van der Waals surface area contributed by atoms with Gasteiger partial charge in [-0.15, -0.1) is 0 Å². The van der Waals surface area contributed by atoms with Crippen LogP contribution in [0.2, 0.25) is 0 Å². The molecule has 1 atom stereocenters. The maximum atomic E-state index is 2.61. The summed E-state index contributed by atoms with van der Waals surface area (Å²) in [5, 5.41) is 0. The van der Waals surface area contributed by atoms with Gasteiger partial charge in [0.25, 0.3) is 0 Å². The van der Waals surface area contributed by atoms with Crippen LogP contribution in [0.4, 0.5) is 17.1 Å². The van der Waals surface area contributed by atoms with Crippen molar-refractivity contribution >= 4 is 17.1 Å².